The zero-order chi connectivity index (χ0) is 19.3. The van der Waals surface area contributed by atoms with Crippen LogP contribution in [-0.2, 0) is 24.1 Å². The van der Waals surface area contributed by atoms with Gasteiger partial charge in [-0.15, -0.1) is 12.4 Å². The molecule has 0 N–H and O–H groups in total. The first-order valence-corrected chi connectivity index (χ1v) is 10.4. The van der Waals surface area contributed by atoms with E-state index < -0.39 is 0 Å². The molecule has 3 heterocycles. The van der Waals surface area contributed by atoms with Crippen molar-refractivity contribution in [2.24, 2.45) is 0 Å². The van der Waals surface area contributed by atoms with Gasteiger partial charge in [0.1, 0.15) is 6.04 Å². The standard InChI is InChI=1S/C23H23ClN2O2.ClH/c1-2-28-23(27)26-12-10-18-19-14-17(24)13-16-9-6-11-25(20(16)19)22(18)21(26)15-7-4-3-5-8-15;/h3-5,7-8,13-14,21H,2,6,9-12H2,1H3;1H. The summed E-state index contributed by atoms with van der Waals surface area (Å²) < 4.78 is 7.84. The van der Waals surface area contributed by atoms with E-state index in [0.29, 0.717) is 13.2 Å². The zero-order valence-electron chi connectivity index (χ0n) is 16.4. The first kappa shape index (κ1) is 20.1. The number of benzene rings is 2. The molecule has 2 aromatic carbocycles. The van der Waals surface area contributed by atoms with Crippen LogP contribution < -0.4 is 0 Å². The van der Waals surface area contributed by atoms with Gasteiger partial charge < -0.3 is 9.30 Å². The third-order valence-corrected chi connectivity index (χ3v) is 6.19. The molecule has 29 heavy (non-hydrogen) atoms. The second-order valence-corrected chi connectivity index (χ2v) is 7.97. The number of rotatable bonds is 2. The maximum absolute atomic E-state index is 12.8. The Kier molecular flexibility index (Phi) is 5.50. The van der Waals surface area contributed by atoms with E-state index in [4.69, 9.17) is 16.3 Å². The lowest BCUT2D eigenvalue weighted by Crippen LogP contribution is -2.41. The summed E-state index contributed by atoms with van der Waals surface area (Å²) in [6.45, 7) is 3.85. The lowest BCUT2D eigenvalue weighted by atomic mass is 9.92. The van der Waals surface area contributed by atoms with Gasteiger partial charge in [0.05, 0.1) is 12.1 Å². The number of fused-ring (bicyclic) bond motifs is 3. The average molecular weight is 431 g/mol. The summed E-state index contributed by atoms with van der Waals surface area (Å²) in [6.07, 6.45) is 2.72. The van der Waals surface area contributed by atoms with Gasteiger partial charge in [0.15, 0.2) is 0 Å². The number of ether oxygens (including phenoxy) is 1. The van der Waals surface area contributed by atoms with Crippen LogP contribution in [0.4, 0.5) is 4.79 Å². The molecule has 1 atom stereocenters. The molecule has 3 aromatic rings. The molecule has 2 aliphatic heterocycles. The van der Waals surface area contributed by atoms with E-state index in [0.717, 1.165) is 36.4 Å². The highest BCUT2D eigenvalue weighted by Gasteiger charge is 2.38. The highest BCUT2D eigenvalue weighted by molar-refractivity contribution is 6.31. The molecule has 0 aliphatic carbocycles. The van der Waals surface area contributed by atoms with Gasteiger partial charge in [-0.05, 0) is 55.0 Å². The van der Waals surface area contributed by atoms with Crippen LogP contribution in [0.15, 0.2) is 42.5 Å². The van der Waals surface area contributed by atoms with Crippen LogP contribution >= 0.6 is 24.0 Å². The Morgan fingerprint density at radius 1 is 1.17 bits per heavy atom. The van der Waals surface area contributed by atoms with Gasteiger partial charge in [-0.1, -0.05) is 41.9 Å². The molecule has 6 heteroatoms. The number of aromatic nitrogens is 1. The molecule has 0 radical (unpaired) electrons. The van der Waals surface area contributed by atoms with Crippen molar-refractivity contribution in [2.45, 2.75) is 38.8 Å². The molecular formula is C23H24Cl2N2O2. The molecular weight excluding hydrogens is 407 g/mol. The topological polar surface area (TPSA) is 34.5 Å². The first-order chi connectivity index (χ1) is 13.7. The molecule has 0 saturated carbocycles. The summed E-state index contributed by atoms with van der Waals surface area (Å²) in [5, 5.41) is 2.05. The molecule has 0 spiro atoms. The number of aryl methyl sites for hydroxylation is 2. The van der Waals surface area contributed by atoms with Gasteiger partial charge in [0.2, 0.25) is 0 Å². The van der Waals surface area contributed by atoms with Crippen LogP contribution in [-0.4, -0.2) is 28.7 Å². The summed E-state index contributed by atoms with van der Waals surface area (Å²) in [4.78, 5) is 14.7. The van der Waals surface area contributed by atoms with Crippen molar-refractivity contribution in [3.63, 3.8) is 0 Å². The highest BCUT2D eigenvalue weighted by atomic mass is 35.5. The predicted molar refractivity (Wildman–Crippen MR) is 118 cm³/mol. The van der Waals surface area contributed by atoms with E-state index in [9.17, 15) is 4.79 Å². The van der Waals surface area contributed by atoms with E-state index >= 15 is 0 Å². The van der Waals surface area contributed by atoms with E-state index in [1.165, 1.54) is 27.7 Å². The first-order valence-electron chi connectivity index (χ1n) is 10.0. The third-order valence-electron chi connectivity index (χ3n) is 5.97. The van der Waals surface area contributed by atoms with Gasteiger partial charge in [-0.3, -0.25) is 4.90 Å². The number of amides is 1. The van der Waals surface area contributed by atoms with Gasteiger partial charge in [-0.2, -0.15) is 0 Å². The Morgan fingerprint density at radius 2 is 1.97 bits per heavy atom. The summed E-state index contributed by atoms with van der Waals surface area (Å²) in [6, 6.07) is 14.4. The van der Waals surface area contributed by atoms with E-state index in [1.54, 1.807) is 0 Å². The Balaban J connectivity index is 0.00000205. The fraction of sp³-hybridized carbons (Fsp3) is 0.348. The second-order valence-electron chi connectivity index (χ2n) is 7.54. The molecule has 1 unspecified atom stereocenters. The molecule has 2 aliphatic rings. The maximum atomic E-state index is 12.8. The molecule has 0 saturated heterocycles. The van der Waals surface area contributed by atoms with Crippen molar-refractivity contribution in [3.8, 4) is 0 Å². The van der Waals surface area contributed by atoms with E-state index in [2.05, 4.69) is 28.8 Å². The highest BCUT2D eigenvalue weighted by Crippen LogP contribution is 2.44. The summed E-state index contributed by atoms with van der Waals surface area (Å²) in [7, 11) is 0. The van der Waals surface area contributed by atoms with Gasteiger partial charge in [0.25, 0.3) is 0 Å². The fourth-order valence-corrected chi connectivity index (χ4v) is 5.18. The Hall–Kier alpha value is -2.17. The fourth-order valence-electron chi connectivity index (χ4n) is 4.94. The van der Waals surface area contributed by atoms with Crippen molar-refractivity contribution in [3.05, 3.63) is 69.9 Å². The van der Waals surface area contributed by atoms with E-state index in [-0.39, 0.29) is 24.5 Å². The molecule has 152 valence electrons. The van der Waals surface area contributed by atoms with Gasteiger partial charge in [0, 0.05) is 29.2 Å². The predicted octanol–water partition coefficient (Wildman–Crippen LogP) is 5.77. The molecule has 0 bridgehead atoms. The molecule has 4 nitrogen and oxygen atoms in total. The Morgan fingerprint density at radius 3 is 2.72 bits per heavy atom. The van der Waals surface area contributed by atoms with Crippen molar-refractivity contribution < 1.29 is 9.53 Å². The minimum absolute atomic E-state index is 0. The van der Waals surface area contributed by atoms with Crippen LogP contribution in [0, 0.1) is 0 Å². The maximum Gasteiger partial charge on any atom is 0.410 e. The normalized spacial score (nSPS) is 17.6. The number of nitrogens with zero attached hydrogens (tertiary/aromatic N) is 2. The lowest BCUT2D eigenvalue weighted by Gasteiger charge is -2.37. The zero-order valence-corrected chi connectivity index (χ0v) is 17.9. The number of halogens is 2. The van der Waals surface area contributed by atoms with Crippen molar-refractivity contribution >= 4 is 41.0 Å². The third kappa shape index (κ3) is 3.19. The Labute approximate surface area is 181 Å². The molecule has 0 fully saturated rings. The SMILES string of the molecule is CCOC(=O)N1CCc2c(n3c4c(cc(Cl)cc24)CCC3)C1c1ccccc1.Cl. The van der Waals surface area contributed by atoms with Crippen molar-refractivity contribution in [1.82, 2.24) is 9.47 Å². The van der Waals surface area contributed by atoms with Crippen LogP contribution in [0.25, 0.3) is 10.9 Å². The number of hydrogen-bond acceptors (Lipinski definition) is 2. The van der Waals surface area contributed by atoms with Crippen LogP contribution in [0.2, 0.25) is 5.02 Å². The van der Waals surface area contributed by atoms with Gasteiger partial charge in [-0.25, -0.2) is 4.79 Å². The van der Waals surface area contributed by atoms with Crippen LogP contribution in [0.5, 0.6) is 0 Å². The monoisotopic (exact) mass is 430 g/mol. The lowest BCUT2D eigenvalue weighted by molar-refractivity contribution is 0.0923. The average Bonchev–Trinajstić information content (AvgIpc) is 3.03. The molecule has 1 aromatic heterocycles. The quantitative estimate of drug-likeness (QED) is 0.517. The number of hydrogen-bond donors (Lipinski definition) is 0. The summed E-state index contributed by atoms with van der Waals surface area (Å²) in [5.74, 6) is 0. The molecule has 5 rings (SSSR count). The van der Waals surface area contributed by atoms with E-state index in [1.807, 2.05) is 30.0 Å². The van der Waals surface area contributed by atoms with Gasteiger partial charge >= 0.3 is 6.09 Å². The minimum Gasteiger partial charge on any atom is -0.450 e. The largest absolute Gasteiger partial charge is 0.450 e. The van der Waals surface area contributed by atoms with Crippen molar-refractivity contribution in [1.29, 1.82) is 0 Å². The van der Waals surface area contributed by atoms with Crippen LogP contribution in [0.1, 0.15) is 41.8 Å². The summed E-state index contributed by atoms with van der Waals surface area (Å²) in [5.41, 5.74) is 6.29. The number of carbonyl (C=O) groups excluding carboxylic acids is 1. The van der Waals surface area contributed by atoms with Crippen molar-refractivity contribution in [2.75, 3.05) is 13.2 Å². The smallest absolute Gasteiger partial charge is 0.410 e. The summed E-state index contributed by atoms with van der Waals surface area (Å²) >= 11 is 6.46. The van der Waals surface area contributed by atoms with Crippen LogP contribution in [0.3, 0.4) is 0 Å². The number of carbonyl (C=O) groups is 1. The Bertz CT molecular complexity index is 1060. The molecule has 1 amide bonds. The minimum atomic E-state index is -0.242. The second kappa shape index (κ2) is 7.92.